The highest BCUT2D eigenvalue weighted by molar-refractivity contribution is 5.84. The largest absolute Gasteiger partial charge is 0.322 e. The lowest BCUT2D eigenvalue weighted by molar-refractivity contribution is -0.132. The third-order valence-electron chi connectivity index (χ3n) is 3.53. The van der Waals surface area contributed by atoms with Crippen LogP contribution in [-0.2, 0) is 4.79 Å². The molecule has 1 N–H and O–H groups in total. The van der Waals surface area contributed by atoms with Gasteiger partial charge in [-0.25, -0.2) is 0 Å². The van der Waals surface area contributed by atoms with E-state index in [0.717, 1.165) is 19.4 Å². The van der Waals surface area contributed by atoms with Crippen molar-refractivity contribution < 1.29 is 4.79 Å². The van der Waals surface area contributed by atoms with Crippen molar-refractivity contribution in [2.75, 3.05) is 20.6 Å². The van der Waals surface area contributed by atoms with Crippen molar-refractivity contribution in [3.63, 3.8) is 0 Å². The van der Waals surface area contributed by atoms with Crippen LogP contribution in [0.3, 0.4) is 0 Å². The van der Waals surface area contributed by atoms with Crippen molar-refractivity contribution in [1.82, 2.24) is 15.1 Å². The van der Waals surface area contributed by atoms with Crippen LogP contribution < -0.4 is 5.32 Å². The second-order valence-electron chi connectivity index (χ2n) is 6.09. The van der Waals surface area contributed by atoms with E-state index in [4.69, 9.17) is 0 Å². The molecule has 1 aliphatic heterocycles. The maximum Gasteiger partial charge on any atom is 0.241 e. The number of nitrogens with one attached hydrogen (secondary N) is 1. The molecule has 1 fully saturated rings. The Labute approximate surface area is 112 Å². The summed E-state index contributed by atoms with van der Waals surface area (Å²) in [6.45, 7) is 9.54. The minimum absolute atomic E-state index is 0.0109. The van der Waals surface area contributed by atoms with Crippen LogP contribution in [0.25, 0.3) is 0 Å². The first-order chi connectivity index (χ1) is 8.36. The van der Waals surface area contributed by atoms with E-state index in [0.29, 0.717) is 12.0 Å². The zero-order chi connectivity index (χ0) is 13.9. The second-order valence-corrected chi connectivity index (χ2v) is 6.09. The van der Waals surface area contributed by atoms with E-state index in [1.807, 2.05) is 0 Å². The molecule has 3 unspecified atom stereocenters. The first-order valence-corrected chi connectivity index (χ1v) is 7.09. The van der Waals surface area contributed by atoms with Crippen LogP contribution in [0.4, 0.5) is 0 Å². The summed E-state index contributed by atoms with van der Waals surface area (Å²) in [5.74, 6) is 0.883. The van der Waals surface area contributed by atoms with Crippen LogP contribution in [0, 0.1) is 5.92 Å². The molecule has 0 aromatic carbocycles. The lowest BCUT2D eigenvalue weighted by atomic mass is 10.0. The molecule has 0 radical (unpaired) electrons. The minimum Gasteiger partial charge on any atom is -0.322 e. The summed E-state index contributed by atoms with van der Waals surface area (Å²) in [5, 5.41) is 3.39. The van der Waals surface area contributed by atoms with Gasteiger partial charge in [0, 0.05) is 12.6 Å². The van der Waals surface area contributed by atoms with E-state index in [9.17, 15) is 4.79 Å². The van der Waals surface area contributed by atoms with Crippen molar-refractivity contribution in [2.24, 2.45) is 5.92 Å². The molecule has 1 rings (SSSR count). The van der Waals surface area contributed by atoms with Gasteiger partial charge >= 0.3 is 0 Å². The lowest BCUT2D eigenvalue weighted by Crippen LogP contribution is -2.48. The standard InChI is InChI=1S/C14H29N3O/c1-7-13-14(18)17(11(4)15-13)12(8-10(2)3)9-16(5)6/h10-13,15H,7-9H2,1-6H3. The van der Waals surface area contributed by atoms with Gasteiger partial charge in [0.1, 0.15) is 0 Å². The quantitative estimate of drug-likeness (QED) is 0.781. The second kappa shape index (κ2) is 6.53. The Kier molecular flexibility index (Phi) is 5.60. The van der Waals surface area contributed by atoms with Crippen LogP contribution in [-0.4, -0.2) is 54.6 Å². The Hall–Kier alpha value is -0.610. The number of carbonyl (C=O) groups excluding carboxylic acids is 1. The third-order valence-corrected chi connectivity index (χ3v) is 3.53. The fraction of sp³-hybridized carbons (Fsp3) is 0.929. The summed E-state index contributed by atoms with van der Waals surface area (Å²) in [6, 6.07) is 0.323. The zero-order valence-corrected chi connectivity index (χ0v) is 12.7. The summed E-state index contributed by atoms with van der Waals surface area (Å²) in [7, 11) is 4.15. The van der Waals surface area contributed by atoms with E-state index in [1.165, 1.54) is 0 Å². The van der Waals surface area contributed by atoms with Gasteiger partial charge in [0.05, 0.1) is 12.2 Å². The Balaban J connectivity index is 2.80. The highest BCUT2D eigenvalue weighted by Crippen LogP contribution is 2.21. The topological polar surface area (TPSA) is 35.6 Å². The van der Waals surface area contributed by atoms with Gasteiger partial charge in [-0.2, -0.15) is 0 Å². The Morgan fingerprint density at radius 3 is 2.39 bits per heavy atom. The van der Waals surface area contributed by atoms with E-state index in [2.05, 4.69) is 56.9 Å². The first kappa shape index (κ1) is 15.4. The molecular weight excluding hydrogens is 226 g/mol. The average molecular weight is 255 g/mol. The summed E-state index contributed by atoms with van der Waals surface area (Å²) in [6.07, 6.45) is 2.09. The van der Waals surface area contributed by atoms with Crippen molar-refractivity contribution in [3.8, 4) is 0 Å². The van der Waals surface area contributed by atoms with Crippen LogP contribution >= 0.6 is 0 Å². The normalized spacial score (nSPS) is 26.4. The molecule has 0 saturated carbocycles. The fourth-order valence-corrected chi connectivity index (χ4v) is 2.84. The van der Waals surface area contributed by atoms with Crippen LogP contribution in [0.5, 0.6) is 0 Å². The van der Waals surface area contributed by atoms with Crippen LogP contribution in [0.1, 0.15) is 40.5 Å². The smallest absolute Gasteiger partial charge is 0.241 e. The van der Waals surface area contributed by atoms with Crippen LogP contribution in [0.2, 0.25) is 0 Å². The molecule has 0 bridgehead atoms. The first-order valence-electron chi connectivity index (χ1n) is 7.09. The molecule has 18 heavy (non-hydrogen) atoms. The van der Waals surface area contributed by atoms with Crippen molar-refractivity contribution >= 4 is 5.91 Å². The minimum atomic E-state index is 0.0109. The lowest BCUT2D eigenvalue weighted by Gasteiger charge is -2.34. The van der Waals surface area contributed by atoms with Crippen molar-refractivity contribution in [2.45, 2.75) is 58.8 Å². The number of amides is 1. The molecule has 4 heteroatoms. The maximum atomic E-state index is 12.4. The molecule has 3 atom stereocenters. The number of hydrogen-bond acceptors (Lipinski definition) is 3. The number of rotatable bonds is 6. The molecule has 4 nitrogen and oxygen atoms in total. The molecule has 1 saturated heterocycles. The fourth-order valence-electron chi connectivity index (χ4n) is 2.84. The van der Waals surface area contributed by atoms with Gasteiger partial charge in [0.2, 0.25) is 5.91 Å². The van der Waals surface area contributed by atoms with Gasteiger partial charge in [-0.3, -0.25) is 10.1 Å². The number of likely N-dealkylation sites (N-methyl/N-ethyl adjacent to an activating group) is 1. The number of carbonyl (C=O) groups is 1. The summed E-state index contributed by atoms with van der Waals surface area (Å²) >= 11 is 0. The Bertz CT molecular complexity index is 268. The summed E-state index contributed by atoms with van der Waals surface area (Å²) < 4.78 is 0. The molecule has 0 aromatic rings. The Morgan fingerprint density at radius 2 is 2.00 bits per heavy atom. The molecular formula is C14H29N3O. The molecule has 1 aliphatic rings. The van der Waals surface area contributed by atoms with Gasteiger partial charge in [0.15, 0.2) is 0 Å². The third kappa shape index (κ3) is 3.69. The zero-order valence-electron chi connectivity index (χ0n) is 12.7. The van der Waals surface area contributed by atoms with Crippen molar-refractivity contribution in [1.29, 1.82) is 0 Å². The molecule has 1 heterocycles. The Morgan fingerprint density at radius 1 is 1.39 bits per heavy atom. The average Bonchev–Trinajstić information content (AvgIpc) is 2.51. The van der Waals surface area contributed by atoms with E-state index in [1.54, 1.807) is 0 Å². The highest BCUT2D eigenvalue weighted by atomic mass is 16.2. The molecule has 1 amide bonds. The molecule has 0 spiro atoms. The molecule has 0 aromatic heterocycles. The van der Waals surface area contributed by atoms with Gasteiger partial charge in [-0.15, -0.1) is 0 Å². The van der Waals surface area contributed by atoms with Crippen molar-refractivity contribution in [3.05, 3.63) is 0 Å². The maximum absolute atomic E-state index is 12.4. The molecule has 0 aliphatic carbocycles. The molecule has 106 valence electrons. The van der Waals surface area contributed by atoms with Gasteiger partial charge in [-0.05, 0) is 39.8 Å². The van der Waals surface area contributed by atoms with E-state index < -0.39 is 0 Å². The van der Waals surface area contributed by atoms with Gasteiger partial charge < -0.3 is 9.80 Å². The number of hydrogen-bond donors (Lipinski definition) is 1. The van der Waals surface area contributed by atoms with E-state index in [-0.39, 0.29) is 18.1 Å². The van der Waals surface area contributed by atoms with Crippen LogP contribution in [0.15, 0.2) is 0 Å². The summed E-state index contributed by atoms with van der Waals surface area (Å²) in [4.78, 5) is 16.6. The SMILES string of the molecule is CCC1NC(C)N(C(CC(C)C)CN(C)C)C1=O. The highest BCUT2D eigenvalue weighted by Gasteiger charge is 2.39. The van der Waals surface area contributed by atoms with Gasteiger partial charge in [-0.1, -0.05) is 20.8 Å². The number of nitrogens with zero attached hydrogens (tertiary/aromatic N) is 2. The summed E-state index contributed by atoms with van der Waals surface area (Å²) in [5.41, 5.74) is 0. The van der Waals surface area contributed by atoms with E-state index >= 15 is 0 Å². The monoisotopic (exact) mass is 255 g/mol. The van der Waals surface area contributed by atoms with Gasteiger partial charge in [0.25, 0.3) is 0 Å². The predicted octanol–water partition coefficient (Wildman–Crippen LogP) is 1.52. The predicted molar refractivity (Wildman–Crippen MR) is 75.3 cm³/mol.